The number of thioether (sulfide) groups is 1. The molecule has 0 N–H and O–H groups in total. The highest BCUT2D eigenvalue weighted by Gasteiger charge is 2.14. The van der Waals surface area contributed by atoms with E-state index in [1.807, 2.05) is 42.1 Å². The number of aryl methyl sites for hydroxylation is 2. The molecule has 0 atom stereocenters. The van der Waals surface area contributed by atoms with Gasteiger partial charge in [0, 0.05) is 13.2 Å². The number of hydrogen-bond acceptors (Lipinski definition) is 5. The van der Waals surface area contributed by atoms with Crippen LogP contribution in [0.2, 0.25) is 0 Å². The number of carbonyl (C=O) groups excluding carboxylic acids is 1. The van der Waals surface area contributed by atoms with E-state index in [9.17, 15) is 4.79 Å². The van der Waals surface area contributed by atoms with Crippen molar-refractivity contribution in [1.29, 1.82) is 0 Å². The average molecular weight is 355 g/mol. The first-order valence-electron chi connectivity index (χ1n) is 8.34. The fourth-order valence-electron chi connectivity index (χ4n) is 2.57. The molecule has 0 aliphatic carbocycles. The van der Waals surface area contributed by atoms with E-state index in [1.54, 1.807) is 4.68 Å². The zero-order chi connectivity index (χ0) is 17.6. The molecule has 7 heteroatoms. The maximum absolute atomic E-state index is 12.3. The minimum absolute atomic E-state index is 0.0574. The molecule has 2 aromatic heterocycles. The summed E-state index contributed by atoms with van der Waals surface area (Å²) in [7, 11) is 1.86. The average Bonchev–Trinajstić information content (AvgIpc) is 3.27. The topological polar surface area (TPSA) is 65.6 Å². The Balaban J connectivity index is 1.68. The Hall–Kier alpha value is -2.41. The second-order valence-corrected chi connectivity index (χ2v) is 6.80. The lowest BCUT2D eigenvalue weighted by Gasteiger charge is -2.06. The van der Waals surface area contributed by atoms with E-state index in [1.165, 1.54) is 30.2 Å². The predicted molar refractivity (Wildman–Crippen MR) is 98.2 cm³/mol. The minimum atomic E-state index is 0.0574. The van der Waals surface area contributed by atoms with E-state index < -0.39 is 0 Å². The number of unbranched alkanes of at least 4 members (excludes halogenated alkanes) is 1. The van der Waals surface area contributed by atoms with Crippen LogP contribution in [0.3, 0.4) is 0 Å². The van der Waals surface area contributed by atoms with Gasteiger partial charge in [-0.2, -0.15) is 4.68 Å². The molecule has 0 aliphatic heterocycles. The van der Waals surface area contributed by atoms with Gasteiger partial charge in [0.25, 0.3) is 0 Å². The maximum atomic E-state index is 12.3. The molecule has 25 heavy (non-hydrogen) atoms. The highest BCUT2D eigenvalue weighted by molar-refractivity contribution is 7.99. The van der Waals surface area contributed by atoms with Gasteiger partial charge in [-0.25, -0.2) is 0 Å². The van der Waals surface area contributed by atoms with Gasteiger partial charge in [0.1, 0.15) is 0 Å². The van der Waals surface area contributed by atoms with Crippen molar-refractivity contribution in [2.24, 2.45) is 7.05 Å². The van der Waals surface area contributed by atoms with Crippen molar-refractivity contribution in [3.8, 4) is 5.69 Å². The molecule has 1 aromatic carbocycles. The van der Waals surface area contributed by atoms with Crippen LogP contribution in [0.1, 0.15) is 35.8 Å². The molecule has 0 aliphatic rings. The lowest BCUT2D eigenvalue weighted by atomic mass is 10.1. The summed E-state index contributed by atoms with van der Waals surface area (Å²) < 4.78 is 3.49. The third-order valence-corrected chi connectivity index (χ3v) is 4.92. The number of ketones is 1. The fraction of sp³-hybridized carbons (Fsp3) is 0.333. The minimum Gasteiger partial charge on any atom is -0.348 e. The summed E-state index contributed by atoms with van der Waals surface area (Å²) in [4.78, 5) is 12.3. The molecule has 0 amide bonds. The van der Waals surface area contributed by atoms with Crippen molar-refractivity contribution in [3.63, 3.8) is 0 Å². The van der Waals surface area contributed by atoms with E-state index in [0.29, 0.717) is 16.6 Å². The normalized spacial score (nSPS) is 11.0. The zero-order valence-corrected chi connectivity index (χ0v) is 15.2. The first-order chi connectivity index (χ1) is 12.2. The SMILES string of the molecule is CCCCc1ccc(-n2nnnc2SCC(=O)c2cccn2C)cc1. The van der Waals surface area contributed by atoms with E-state index >= 15 is 0 Å². The second kappa shape index (κ2) is 8.11. The van der Waals surface area contributed by atoms with Crippen LogP contribution in [0.25, 0.3) is 5.69 Å². The number of aromatic nitrogens is 5. The lowest BCUT2D eigenvalue weighted by molar-refractivity contribution is 0.101. The Morgan fingerprint density at radius 2 is 2.00 bits per heavy atom. The first kappa shape index (κ1) is 17.4. The molecule has 6 nitrogen and oxygen atoms in total. The second-order valence-electron chi connectivity index (χ2n) is 5.86. The van der Waals surface area contributed by atoms with Gasteiger partial charge in [-0.1, -0.05) is 37.2 Å². The summed E-state index contributed by atoms with van der Waals surface area (Å²) in [5, 5.41) is 12.5. The number of Topliss-reactive ketones (excluding diaryl/α,β-unsaturated/α-hetero) is 1. The zero-order valence-electron chi connectivity index (χ0n) is 14.4. The van der Waals surface area contributed by atoms with Gasteiger partial charge in [0.05, 0.1) is 17.1 Å². The lowest BCUT2D eigenvalue weighted by Crippen LogP contribution is -2.08. The maximum Gasteiger partial charge on any atom is 0.214 e. The summed E-state index contributed by atoms with van der Waals surface area (Å²) in [6.07, 6.45) is 5.32. The van der Waals surface area contributed by atoms with Crippen LogP contribution in [0.4, 0.5) is 0 Å². The number of carbonyl (C=O) groups is 1. The Labute approximate surface area is 151 Å². The van der Waals surface area contributed by atoms with Gasteiger partial charge in [0.2, 0.25) is 5.16 Å². The van der Waals surface area contributed by atoms with Gasteiger partial charge in [-0.3, -0.25) is 4.79 Å². The van der Waals surface area contributed by atoms with Crippen molar-refractivity contribution >= 4 is 17.5 Å². The van der Waals surface area contributed by atoms with E-state index in [4.69, 9.17) is 0 Å². The third kappa shape index (κ3) is 4.17. The number of nitrogens with zero attached hydrogens (tertiary/aromatic N) is 5. The summed E-state index contributed by atoms with van der Waals surface area (Å²) >= 11 is 1.35. The highest BCUT2D eigenvalue weighted by Crippen LogP contribution is 2.20. The van der Waals surface area contributed by atoms with E-state index in [2.05, 4.69) is 34.6 Å². The Bertz CT molecular complexity index is 837. The predicted octanol–water partition coefficient (Wildman–Crippen LogP) is 3.32. The van der Waals surface area contributed by atoms with Crippen molar-refractivity contribution in [2.45, 2.75) is 31.3 Å². The summed E-state index contributed by atoms with van der Waals surface area (Å²) in [5.74, 6) is 0.356. The van der Waals surface area contributed by atoms with Crippen LogP contribution in [0.15, 0.2) is 47.8 Å². The van der Waals surface area contributed by atoms with Gasteiger partial charge in [-0.05, 0) is 53.1 Å². The van der Waals surface area contributed by atoms with Crippen LogP contribution in [0.5, 0.6) is 0 Å². The van der Waals surface area contributed by atoms with Crippen molar-refractivity contribution < 1.29 is 4.79 Å². The number of hydrogen-bond donors (Lipinski definition) is 0. The van der Waals surface area contributed by atoms with Crippen LogP contribution in [0, 0.1) is 0 Å². The van der Waals surface area contributed by atoms with Crippen molar-refractivity contribution in [3.05, 3.63) is 53.9 Å². The molecule has 0 fully saturated rings. The van der Waals surface area contributed by atoms with Crippen LogP contribution < -0.4 is 0 Å². The first-order valence-corrected chi connectivity index (χ1v) is 9.32. The molecule has 0 unspecified atom stereocenters. The molecule has 0 saturated carbocycles. The fourth-order valence-corrected chi connectivity index (χ4v) is 3.34. The van der Waals surface area contributed by atoms with E-state index in [-0.39, 0.29) is 5.78 Å². The number of benzene rings is 1. The molecule has 3 rings (SSSR count). The molecule has 0 spiro atoms. The van der Waals surface area contributed by atoms with Crippen molar-refractivity contribution in [1.82, 2.24) is 24.8 Å². The number of rotatable bonds is 8. The Morgan fingerprint density at radius 1 is 1.20 bits per heavy atom. The van der Waals surface area contributed by atoms with Gasteiger partial charge in [-0.15, -0.1) is 5.10 Å². The summed E-state index contributed by atoms with van der Waals surface area (Å²) in [6.45, 7) is 2.19. The quantitative estimate of drug-likeness (QED) is 0.458. The monoisotopic (exact) mass is 355 g/mol. The molecule has 0 bridgehead atoms. The Morgan fingerprint density at radius 3 is 2.68 bits per heavy atom. The van der Waals surface area contributed by atoms with Crippen LogP contribution >= 0.6 is 11.8 Å². The highest BCUT2D eigenvalue weighted by atomic mass is 32.2. The largest absolute Gasteiger partial charge is 0.348 e. The van der Waals surface area contributed by atoms with Crippen LogP contribution in [-0.2, 0) is 13.5 Å². The molecule has 0 radical (unpaired) electrons. The molecular weight excluding hydrogens is 334 g/mol. The molecule has 3 aromatic rings. The molecule has 0 saturated heterocycles. The summed E-state index contributed by atoms with van der Waals surface area (Å²) in [6, 6.07) is 11.9. The van der Waals surface area contributed by atoms with E-state index in [0.717, 1.165) is 12.1 Å². The molecular formula is C18H21N5OS. The van der Waals surface area contributed by atoms with Crippen molar-refractivity contribution in [2.75, 3.05) is 5.75 Å². The Kier molecular flexibility index (Phi) is 5.65. The van der Waals surface area contributed by atoms with Crippen LogP contribution in [-0.4, -0.2) is 36.3 Å². The number of tetrazole rings is 1. The molecule has 130 valence electrons. The standard InChI is InChI=1S/C18H21N5OS/c1-3-4-6-14-8-10-15(11-9-14)23-18(19-20-21-23)25-13-17(24)16-7-5-12-22(16)2/h5,7-12H,3-4,6,13H2,1-2H3. The van der Waals surface area contributed by atoms with Gasteiger partial charge >= 0.3 is 0 Å². The van der Waals surface area contributed by atoms with Gasteiger partial charge in [0.15, 0.2) is 5.78 Å². The smallest absolute Gasteiger partial charge is 0.214 e. The molecule has 2 heterocycles. The summed E-state index contributed by atoms with van der Waals surface area (Å²) in [5.41, 5.74) is 2.90. The third-order valence-electron chi connectivity index (χ3n) is 4.00. The van der Waals surface area contributed by atoms with Gasteiger partial charge < -0.3 is 4.57 Å².